The van der Waals surface area contributed by atoms with E-state index < -0.39 is 0 Å². The molecule has 0 spiro atoms. The summed E-state index contributed by atoms with van der Waals surface area (Å²) in [5.41, 5.74) is 7.36. The van der Waals surface area contributed by atoms with Gasteiger partial charge < -0.3 is 10.6 Å². The van der Waals surface area contributed by atoms with Crippen LogP contribution in [-0.4, -0.2) is 42.1 Å². The minimum absolute atomic E-state index is 0.266. The molecule has 1 aromatic carbocycles. The van der Waals surface area contributed by atoms with E-state index >= 15 is 0 Å². The highest BCUT2D eigenvalue weighted by Gasteiger charge is 2.27. The van der Waals surface area contributed by atoms with Gasteiger partial charge in [0.15, 0.2) is 0 Å². The Balaban J connectivity index is 1.70. The summed E-state index contributed by atoms with van der Waals surface area (Å²) in [5, 5.41) is 0. The van der Waals surface area contributed by atoms with Crippen molar-refractivity contribution < 1.29 is 4.39 Å². The third-order valence-electron chi connectivity index (χ3n) is 4.72. The molecule has 5 heteroatoms. The first kappa shape index (κ1) is 14.7. The zero-order chi connectivity index (χ0) is 14.8. The normalized spacial score (nSPS) is 20.9. The van der Waals surface area contributed by atoms with Gasteiger partial charge in [-0.2, -0.15) is 0 Å². The average molecular weight is 307 g/mol. The SMILES string of the molecule is NC(=S)c1cc(F)ccc1N1CCN(C2CCCC2)CC1. The van der Waals surface area contributed by atoms with Crippen molar-refractivity contribution in [3.63, 3.8) is 0 Å². The van der Waals surface area contributed by atoms with Crippen molar-refractivity contribution in [2.75, 3.05) is 31.1 Å². The number of anilines is 1. The van der Waals surface area contributed by atoms with Crippen LogP contribution < -0.4 is 10.6 Å². The van der Waals surface area contributed by atoms with Crippen molar-refractivity contribution in [3.8, 4) is 0 Å². The van der Waals surface area contributed by atoms with Crippen LogP contribution in [0.25, 0.3) is 0 Å². The molecule has 1 aliphatic carbocycles. The molecule has 0 bridgehead atoms. The van der Waals surface area contributed by atoms with Gasteiger partial charge in [0.25, 0.3) is 0 Å². The number of hydrogen-bond acceptors (Lipinski definition) is 3. The smallest absolute Gasteiger partial charge is 0.124 e. The van der Waals surface area contributed by atoms with Gasteiger partial charge in [-0.25, -0.2) is 4.39 Å². The van der Waals surface area contributed by atoms with Gasteiger partial charge in [0.05, 0.1) is 0 Å². The van der Waals surface area contributed by atoms with Gasteiger partial charge in [-0.1, -0.05) is 25.1 Å². The largest absolute Gasteiger partial charge is 0.389 e. The molecule has 114 valence electrons. The molecule has 3 rings (SSSR count). The molecule has 0 unspecified atom stereocenters. The lowest BCUT2D eigenvalue weighted by atomic mass is 10.1. The molecular weight excluding hydrogens is 285 g/mol. The standard InChI is InChI=1S/C16H22FN3S/c17-12-5-6-15(14(11-12)16(18)21)20-9-7-19(8-10-20)13-3-1-2-4-13/h5-6,11,13H,1-4,7-10H2,(H2,18,21). The number of nitrogens with zero attached hydrogens (tertiary/aromatic N) is 2. The highest BCUT2D eigenvalue weighted by Crippen LogP contribution is 2.27. The van der Waals surface area contributed by atoms with Crippen molar-refractivity contribution in [1.29, 1.82) is 0 Å². The molecule has 1 saturated carbocycles. The van der Waals surface area contributed by atoms with Crippen molar-refractivity contribution in [3.05, 3.63) is 29.6 Å². The molecule has 2 N–H and O–H groups in total. The van der Waals surface area contributed by atoms with E-state index in [1.54, 1.807) is 6.07 Å². The lowest BCUT2D eigenvalue weighted by Crippen LogP contribution is -2.50. The van der Waals surface area contributed by atoms with Gasteiger partial charge in [-0.15, -0.1) is 0 Å². The maximum atomic E-state index is 13.4. The Labute approximate surface area is 130 Å². The number of thiocarbonyl (C=S) groups is 1. The first-order chi connectivity index (χ1) is 10.1. The van der Waals surface area contributed by atoms with Crippen LogP contribution in [0.1, 0.15) is 31.2 Å². The molecule has 0 atom stereocenters. The maximum Gasteiger partial charge on any atom is 0.124 e. The van der Waals surface area contributed by atoms with E-state index in [0.717, 1.165) is 37.9 Å². The van der Waals surface area contributed by atoms with E-state index in [0.29, 0.717) is 5.56 Å². The molecule has 3 nitrogen and oxygen atoms in total. The summed E-state index contributed by atoms with van der Waals surface area (Å²) in [6.45, 7) is 4.05. The number of halogens is 1. The molecule has 1 aliphatic heterocycles. The average Bonchev–Trinajstić information content (AvgIpc) is 3.01. The first-order valence-corrected chi connectivity index (χ1v) is 8.14. The predicted molar refractivity (Wildman–Crippen MR) is 88.3 cm³/mol. The summed E-state index contributed by atoms with van der Waals surface area (Å²) in [6.07, 6.45) is 5.42. The van der Waals surface area contributed by atoms with E-state index in [1.807, 2.05) is 0 Å². The number of benzene rings is 1. The van der Waals surface area contributed by atoms with Crippen LogP contribution >= 0.6 is 12.2 Å². The molecule has 1 aromatic rings. The van der Waals surface area contributed by atoms with Crippen molar-refractivity contribution >= 4 is 22.9 Å². The van der Waals surface area contributed by atoms with Gasteiger partial charge >= 0.3 is 0 Å². The first-order valence-electron chi connectivity index (χ1n) is 7.73. The number of rotatable bonds is 3. The van der Waals surface area contributed by atoms with Gasteiger partial charge in [-0.05, 0) is 31.0 Å². The topological polar surface area (TPSA) is 32.5 Å². The molecule has 0 radical (unpaired) electrons. The highest BCUT2D eigenvalue weighted by atomic mass is 32.1. The maximum absolute atomic E-state index is 13.4. The Kier molecular flexibility index (Phi) is 4.40. The quantitative estimate of drug-likeness (QED) is 0.870. The molecular formula is C16H22FN3S. The third-order valence-corrected chi connectivity index (χ3v) is 4.94. The lowest BCUT2D eigenvalue weighted by Gasteiger charge is -2.39. The summed E-state index contributed by atoms with van der Waals surface area (Å²) in [5.74, 6) is -0.286. The number of piperazine rings is 1. The minimum atomic E-state index is -0.286. The monoisotopic (exact) mass is 307 g/mol. The Morgan fingerprint density at radius 3 is 2.43 bits per heavy atom. The van der Waals surface area contributed by atoms with E-state index in [2.05, 4.69) is 9.80 Å². The lowest BCUT2D eigenvalue weighted by molar-refractivity contribution is 0.187. The molecule has 2 aliphatic rings. The predicted octanol–water partition coefficient (Wildman–Crippen LogP) is 2.52. The van der Waals surface area contributed by atoms with E-state index in [1.165, 1.54) is 37.8 Å². The minimum Gasteiger partial charge on any atom is -0.389 e. The van der Waals surface area contributed by atoms with Crippen molar-refractivity contribution in [1.82, 2.24) is 4.90 Å². The number of hydrogen-bond donors (Lipinski definition) is 1. The molecule has 1 heterocycles. The molecule has 0 amide bonds. The van der Waals surface area contributed by atoms with Crippen molar-refractivity contribution in [2.24, 2.45) is 5.73 Å². The van der Waals surface area contributed by atoms with Crippen LogP contribution in [0, 0.1) is 5.82 Å². The Hall–Kier alpha value is -1.20. The summed E-state index contributed by atoms with van der Waals surface area (Å²) in [6, 6.07) is 5.51. The summed E-state index contributed by atoms with van der Waals surface area (Å²) >= 11 is 5.06. The molecule has 1 saturated heterocycles. The van der Waals surface area contributed by atoms with Crippen LogP contribution in [0.15, 0.2) is 18.2 Å². The van der Waals surface area contributed by atoms with Crippen LogP contribution in [0.4, 0.5) is 10.1 Å². The van der Waals surface area contributed by atoms with E-state index in [4.69, 9.17) is 18.0 Å². The second kappa shape index (κ2) is 6.28. The zero-order valence-electron chi connectivity index (χ0n) is 12.2. The van der Waals surface area contributed by atoms with Gasteiger partial charge in [0.2, 0.25) is 0 Å². The van der Waals surface area contributed by atoms with E-state index in [-0.39, 0.29) is 10.8 Å². The van der Waals surface area contributed by atoms with Gasteiger partial charge in [0.1, 0.15) is 10.8 Å². The fourth-order valence-electron chi connectivity index (χ4n) is 3.58. The molecule has 0 aromatic heterocycles. The molecule has 2 fully saturated rings. The summed E-state index contributed by atoms with van der Waals surface area (Å²) < 4.78 is 13.4. The second-order valence-corrected chi connectivity index (χ2v) is 6.43. The van der Waals surface area contributed by atoms with Crippen LogP contribution in [0.3, 0.4) is 0 Å². The second-order valence-electron chi connectivity index (χ2n) is 5.99. The fraction of sp³-hybridized carbons (Fsp3) is 0.562. The van der Waals surface area contributed by atoms with Crippen molar-refractivity contribution in [2.45, 2.75) is 31.7 Å². The summed E-state index contributed by atoms with van der Waals surface area (Å²) in [7, 11) is 0. The van der Waals surface area contributed by atoms with Gasteiger partial charge in [0, 0.05) is 43.5 Å². The third kappa shape index (κ3) is 3.19. The Bertz CT molecular complexity index is 520. The number of nitrogens with two attached hydrogens (primary N) is 1. The van der Waals surface area contributed by atoms with Crippen LogP contribution in [0.5, 0.6) is 0 Å². The highest BCUT2D eigenvalue weighted by molar-refractivity contribution is 7.80. The molecule has 21 heavy (non-hydrogen) atoms. The zero-order valence-corrected chi connectivity index (χ0v) is 13.0. The fourth-order valence-corrected chi connectivity index (χ4v) is 3.74. The Morgan fingerprint density at radius 1 is 1.14 bits per heavy atom. The van der Waals surface area contributed by atoms with E-state index in [9.17, 15) is 4.39 Å². The van der Waals surface area contributed by atoms with Crippen LogP contribution in [-0.2, 0) is 0 Å². The Morgan fingerprint density at radius 2 is 1.81 bits per heavy atom. The van der Waals surface area contributed by atoms with Crippen LogP contribution in [0.2, 0.25) is 0 Å². The van der Waals surface area contributed by atoms with Gasteiger partial charge in [-0.3, -0.25) is 4.90 Å². The summed E-state index contributed by atoms with van der Waals surface area (Å²) in [4.78, 5) is 5.15.